The second-order valence-corrected chi connectivity index (χ2v) is 4.68. The number of hydrogen-bond acceptors (Lipinski definition) is 10. The van der Waals surface area contributed by atoms with Crippen LogP contribution in [0.2, 0.25) is 0 Å². The van der Waals surface area contributed by atoms with Crippen molar-refractivity contribution < 1.29 is 56.9 Å². The van der Waals surface area contributed by atoms with Crippen molar-refractivity contribution in [1.82, 2.24) is 0 Å². The molecule has 0 saturated carbocycles. The molecule has 24 heavy (non-hydrogen) atoms. The number of ketones is 1. The second kappa shape index (κ2) is 9.93. The minimum absolute atomic E-state index is 0.781. The van der Waals surface area contributed by atoms with Gasteiger partial charge in [-0.15, -0.1) is 0 Å². The van der Waals surface area contributed by atoms with Crippen LogP contribution in [0.25, 0.3) is 0 Å². The molecule has 0 aliphatic carbocycles. The Bertz CT molecular complexity index is 512. The molecule has 0 aromatic rings. The number of Topliss-reactive ketones (excluding diaryl/α,β-unsaturated/α-hetero) is 1. The Morgan fingerprint density at radius 1 is 0.958 bits per heavy atom. The zero-order valence-corrected chi connectivity index (χ0v) is 12.4. The first kappa shape index (κ1) is 18.3. The number of aliphatic hydroxyl groups is 4. The number of ether oxygens (including phenoxy) is 2. The predicted octanol–water partition coefficient (Wildman–Crippen LogP) is -3.03. The van der Waals surface area contributed by atoms with E-state index in [1.54, 1.807) is 0 Å². The van der Waals surface area contributed by atoms with E-state index in [1.165, 1.54) is 0 Å². The second-order valence-electron chi connectivity index (χ2n) is 4.68. The number of carbonyl (C=O) groups excluding carboxylic acids is 3. The Morgan fingerprint density at radius 3 is 2.04 bits per heavy atom. The summed E-state index contributed by atoms with van der Waals surface area (Å²) in [6.07, 6.45) is -11.5. The summed E-state index contributed by atoms with van der Waals surface area (Å²) in [5, 5.41) is 47.6. The van der Waals surface area contributed by atoms with Crippen molar-refractivity contribution in [2.24, 2.45) is 0 Å². The lowest BCUT2D eigenvalue weighted by molar-refractivity contribution is -0.179. The number of hydrogen-bond donors (Lipinski definition) is 5. The van der Waals surface area contributed by atoms with Gasteiger partial charge in [0.1, 0.15) is 24.9 Å². The van der Waals surface area contributed by atoms with E-state index >= 15 is 0 Å². The Kier molecular flexibility index (Phi) is 7.55. The Balaban J connectivity index is 5.05. The van der Waals surface area contributed by atoms with E-state index in [1.807, 2.05) is 0 Å². The van der Waals surface area contributed by atoms with Crippen LogP contribution in [-0.4, -0.2) is 86.4 Å². The number of carbonyl (C=O) groups is 4. The lowest BCUT2D eigenvalue weighted by Crippen LogP contribution is -2.52. The molecule has 0 aromatic carbocycles. The topological polar surface area (TPSA) is 188 Å². The van der Waals surface area contributed by atoms with Gasteiger partial charge in [-0.05, 0) is 0 Å². The predicted molar refractivity (Wildman–Crippen MR) is 73.5 cm³/mol. The molecule has 0 radical (unpaired) electrons. The summed E-state index contributed by atoms with van der Waals surface area (Å²) in [5.41, 5.74) is 0. The molecule has 0 aliphatic heterocycles. The first-order valence-electron chi connectivity index (χ1n) is 7.88. The molecule has 0 aliphatic rings. The molecule has 0 saturated heterocycles. The van der Waals surface area contributed by atoms with Crippen LogP contribution in [0, 0.1) is 0 Å². The number of esters is 2. The monoisotopic (exact) mass is 354 g/mol. The quantitative estimate of drug-likeness (QED) is 0.198. The average molecular weight is 354 g/mol. The number of aliphatic carboxylic acids is 1. The van der Waals surface area contributed by atoms with Crippen molar-refractivity contribution in [2.45, 2.75) is 50.7 Å². The van der Waals surface area contributed by atoms with E-state index in [0.717, 1.165) is 0 Å². The Morgan fingerprint density at radius 2 is 1.54 bits per heavy atom. The van der Waals surface area contributed by atoms with Crippen LogP contribution in [-0.2, 0) is 28.7 Å². The number of carboxylic acids is 1. The van der Waals surface area contributed by atoms with Crippen LogP contribution < -0.4 is 0 Å². The summed E-state index contributed by atoms with van der Waals surface area (Å²) in [6, 6.07) is 0. The van der Waals surface area contributed by atoms with Gasteiger partial charge >= 0.3 is 17.9 Å². The number of aliphatic hydroxyl groups excluding tert-OH is 4. The van der Waals surface area contributed by atoms with E-state index in [-0.39, 0.29) is 0 Å². The molecular weight excluding hydrogens is 332 g/mol. The molecule has 0 fully saturated rings. The van der Waals surface area contributed by atoms with Crippen LogP contribution >= 0.6 is 0 Å². The van der Waals surface area contributed by atoms with Crippen molar-refractivity contribution in [1.29, 1.82) is 0 Å². The highest BCUT2D eigenvalue weighted by molar-refractivity contribution is 6.32. The van der Waals surface area contributed by atoms with Crippen molar-refractivity contribution in [3.05, 3.63) is 0 Å². The van der Waals surface area contributed by atoms with Crippen molar-refractivity contribution in [3.8, 4) is 0 Å². The molecule has 0 heterocycles. The summed E-state index contributed by atoms with van der Waals surface area (Å²) in [5.74, 6) is -5.55. The number of carboxylic acid groups (broad SMARTS) is 1. The summed E-state index contributed by atoms with van der Waals surface area (Å²) < 4.78 is 22.7. The molecule has 0 aromatic heterocycles. The van der Waals surface area contributed by atoms with Gasteiger partial charge in [0.05, 0.1) is 6.10 Å². The smallest absolute Gasteiger partial charge is 0.372 e. The maximum Gasteiger partial charge on any atom is 0.372 e. The molecule has 5 N–H and O–H groups in total. The largest absolute Gasteiger partial charge is 0.475 e. The summed E-state index contributed by atoms with van der Waals surface area (Å²) in [6.45, 7) is -2.47. The molecule has 0 unspecified atom stereocenters. The van der Waals surface area contributed by atoms with Crippen LogP contribution in [0.5, 0.6) is 0 Å². The normalized spacial score (nSPS) is 18.2. The third-order valence-electron chi connectivity index (χ3n) is 2.80. The van der Waals surface area contributed by atoms with Gasteiger partial charge in [-0.25, -0.2) is 4.79 Å². The minimum atomic E-state index is -2.23. The van der Waals surface area contributed by atoms with Gasteiger partial charge in [0, 0.05) is 23.0 Å². The van der Waals surface area contributed by atoms with E-state index in [2.05, 4.69) is 9.47 Å². The van der Waals surface area contributed by atoms with E-state index in [0.29, 0.717) is 0 Å². The summed E-state index contributed by atoms with van der Waals surface area (Å²) >= 11 is 0. The van der Waals surface area contributed by atoms with Crippen molar-refractivity contribution in [3.63, 3.8) is 0 Å². The third kappa shape index (κ3) is 7.46. The lowest BCUT2D eigenvalue weighted by Gasteiger charge is -2.30. The fraction of sp³-hybridized carbons (Fsp3) is 0.692. The van der Waals surface area contributed by atoms with Crippen molar-refractivity contribution >= 4 is 23.7 Å². The summed E-state index contributed by atoms with van der Waals surface area (Å²) in [7, 11) is 0. The lowest BCUT2D eigenvalue weighted by atomic mass is 9.96. The van der Waals surface area contributed by atoms with E-state index in [4.69, 9.17) is 7.85 Å². The highest BCUT2D eigenvalue weighted by Gasteiger charge is 2.38. The molecule has 0 spiro atoms. The van der Waals surface area contributed by atoms with E-state index < -0.39 is 81.0 Å². The van der Waals surface area contributed by atoms with E-state index in [9.17, 15) is 39.6 Å². The Labute approximate surface area is 139 Å². The van der Waals surface area contributed by atoms with Crippen LogP contribution in [0.15, 0.2) is 0 Å². The first-order valence-corrected chi connectivity index (χ1v) is 6.47. The SMILES string of the molecule is [2H]CC(=O)OC[C@@H](OC(=O)C[2H])[C@@H](O)[C@H](O)[C@H](O)[C@@H](O)CC(=O)C(=O)O. The zero-order chi connectivity index (χ0) is 20.4. The fourth-order valence-corrected chi connectivity index (χ4v) is 1.59. The molecule has 0 bridgehead atoms. The van der Waals surface area contributed by atoms with Crippen LogP contribution in [0.4, 0.5) is 0 Å². The molecule has 11 nitrogen and oxygen atoms in total. The molecule has 5 atom stereocenters. The fourth-order valence-electron chi connectivity index (χ4n) is 1.59. The van der Waals surface area contributed by atoms with Gasteiger partial charge in [-0.1, -0.05) is 0 Å². The molecule has 0 amide bonds. The van der Waals surface area contributed by atoms with Gasteiger partial charge in [0.2, 0.25) is 5.78 Å². The van der Waals surface area contributed by atoms with Crippen LogP contribution in [0.3, 0.4) is 0 Å². The average Bonchev–Trinajstić information content (AvgIpc) is 2.62. The van der Waals surface area contributed by atoms with Crippen molar-refractivity contribution in [2.75, 3.05) is 6.61 Å². The Hall–Kier alpha value is -2.08. The maximum absolute atomic E-state index is 11.2. The first-order chi connectivity index (χ1) is 12.0. The van der Waals surface area contributed by atoms with Gasteiger partial charge in [0.15, 0.2) is 6.10 Å². The summed E-state index contributed by atoms with van der Waals surface area (Å²) in [4.78, 5) is 43.6. The highest BCUT2D eigenvalue weighted by Crippen LogP contribution is 2.14. The highest BCUT2D eigenvalue weighted by atomic mass is 16.6. The molecule has 0 rings (SSSR count). The van der Waals surface area contributed by atoms with Gasteiger partial charge in [-0.3, -0.25) is 14.4 Å². The number of rotatable bonds is 10. The van der Waals surface area contributed by atoms with Gasteiger partial charge in [0.25, 0.3) is 0 Å². The van der Waals surface area contributed by atoms with Gasteiger partial charge in [-0.2, -0.15) is 0 Å². The van der Waals surface area contributed by atoms with Crippen LogP contribution in [0.1, 0.15) is 23.0 Å². The minimum Gasteiger partial charge on any atom is -0.475 e. The molecule has 138 valence electrons. The maximum atomic E-state index is 11.2. The standard InChI is InChI=1S/C13H20O11/c1-5(14)23-4-9(24-6(2)15)11(19)12(20)10(18)7(16)3-8(17)13(21)22/h7,9-12,16,18-20H,3-4H2,1-2H3,(H,21,22)/t7-,9+,10+,11+,12+/m0/s1/i1D,2D. The zero-order valence-electron chi connectivity index (χ0n) is 14.4. The third-order valence-corrected chi connectivity index (χ3v) is 2.80. The van der Waals surface area contributed by atoms with Gasteiger partial charge < -0.3 is 35.0 Å². The molecular formula is C13H20O11. The molecule has 11 heteroatoms.